The van der Waals surface area contributed by atoms with Gasteiger partial charge in [0.15, 0.2) is 0 Å². The predicted molar refractivity (Wildman–Crippen MR) is 89.9 cm³/mol. The molecule has 0 aliphatic rings. The van der Waals surface area contributed by atoms with Gasteiger partial charge in [0.05, 0.1) is 5.92 Å². The molecule has 128 valence electrons. The Morgan fingerprint density at radius 3 is 2.38 bits per heavy atom. The molecule has 0 saturated carbocycles. The van der Waals surface area contributed by atoms with Gasteiger partial charge < -0.3 is 4.74 Å². The van der Waals surface area contributed by atoms with Crippen LogP contribution in [0.15, 0.2) is 24.4 Å². The number of nitrogens with zero attached hydrogens (tertiary/aromatic N) is 2. The van der Waals surface area contributed by atoms with Gasteiger partial charge in [-0.05, 0) is 52.8 Å². The van der Waals surface area contributed by atoms with Crippen molar-refractivity contribution < 1.29 is 19.1 Å². The maximum atomic E-state index is 12.6. The standard InChI is InChI=1S/C18H22N2O4/c1-11(21)15(12(2)22)10-14-9-13-7-6-8-19-16(13)20(14)17(23)24-18(3,4)5/h6-9,15H,10H2,1-5H3. The third kappa shape index (κ3) is 3.88. The van der Waals surface area contributed by atoms with Gasteiger partial charge in [0.2, 0.25) is 0 Å². The molecule has 0 amide bonds. The summed E-state index contributed by atoms with van der Waals surface area (Å²) >= 11 is 0. The highest BCUT2D eigenvalue weighted by molar-refractivity contribution is 6.00. The van der Waals surface area contributed by atoms with Crippen molar-refractivity contribution in [2.45, 2.75) is 46.6 Å². The summed E-state index contributed by atoms with van der Waals surface area (Å²) in [4.78, 5) is 40.4. The fourth-order valence-electron chi connectivity index (χ4n) is 2.53. The smallest absolute Gasteiger partial charge is 0.420 e. The van der Waals surface area contributed by atoms with Gasteiger partial charge in [-0.15, -0.1) is 0 Å². The highest BCUT2D eigenvalue weighted by Gasteiger charge is 2.27. The van der Waals surface area contributed by atoms with Crippen LogP contribution in [0.2, 0.25) is 0 Å². The Morgan fingerprint density at radius 1 is 1.21 bits per heavy atom. The zero-order valence-corrected chi connectivity index (χ0v) is 14.6. The normalized spacial score (nSPS) is 11.8. The molecule has 0 aliphatic heterocycles. The number of aromatic nitrogens is 2. The Bertz CT molecular complexity index is 785. The van der Waals surface area contributed by atoms with E-state index < -0.39 is 17.6 Å². The fraction of sp³-hybridized carbons (Fsp3) is 0.444. The van der Waals surface area contributed by atoms with E-state index in [2.05, 4.69) is 4.98 Å². The first-order valence-electron chi connectivity index (χ1n) is 7.80. The first-order chi connectivity index (χ1) is 11.1. The monoisotopic (exact) mass is 330 g/mol. The van der Waals surface area contributed by atoms with Crippen molar-refractivity contribution in [1.29, 1.82) is 0 Å². The van der Waals surface area contributed by atoms with Gasteiger partial charge in [0.1, 0.15) is 22.8 Å². The fourth-order valence-corrected chi connectivity index (χ4v) is 2.53. The second kappa shape index (κ2) is 6.55. The molecule has 0 radical (unpaired) electrons. The summed E-state index contributed by atoms with van der Waals surface area (Å²) in [6, 6.07) is 5.35. The predicted octanol–water partition coefficient (Wildman–Crippen LogP) is 3.16. The number of fused-ring (bicyclic) bond motifs is 1. The summed E-state index contributed by atoms with van der Waals surface area (Å²) in [6.07, 6.45) is 1.15. The minimum atomic E-state index is -0.782. The molecule has 0 aliphatic carbocycles. The Kier molecular flexibility index (Phi) is 4.87. The van der Waals surface area contributed by atoms with Crippen molar-refractivity contribution in [3.8, 4) is 0 Å². The molecule has 2 aromatic heterocycles. The van der Waals surface area contributed by atoms with E-state index in [0.29, 0.717) is 11.3 Å². The second-order valence-electron chi connectivity index (χ2n) is 6.85. The van der Waals surface area contributed by atoms with Gasteiger partial charge >= 0.3 is 6.09 Å². The number of pyridine rings is 1. The summed E-state index contributed by atoms with van der Waals surface area (Å²) < 4.78 is 6.79. The van der Waals surface area contributed by atoms with Gasteiger partial charge in [0, 0.05) is 23.7 Å². The van der Waals surface area contributed by atoms with Gasteiger partial charge in [-0.2, -0.15) is 0 Å². The first-order valence-corrected chi connectivity index (χ1v) is 7.80. The molecule has 0 bridgehead atoms. The lowest BCUT2D eigenvalue weighted by Gasteiger charge is -2.21. The molecule has 0 fully saturated rings. The summed E-state index contributed by atoms with van der Waals surface area (Å²) in [5.41, 5.74) is 0.321. The van der Waals surface area contributed by atoms with E-state index in [0.717, 1.165) is 5.39 Å². The largest absolute Gasteiger partial charge is 0.443 e. The van der Waals surface area contributed by atoms with Crippen molar-refractivity contribution in [3.63, 3.8) is 0 Å². The quantitative estimate of drug-likeness (QED) is 0.805. The Hall–Kier alpha value is -2.50. The minimum Gasteiger partial charge on any atom is -0.443 e. The first kappa shape index (κ1) is 17.8. The van der Waals surface area contributed by atoms with Crippen LogP contribution in [0.3, 0.4) is 0 Å². The van der Waals surface area contributed by atoms with Crippen LogP contribution >= 0.6 is 0 Å². The molecule has 2 aromatic rings. The molecule has 0 N–H and O–H groups in total. The molecule has 24 heavy (non-hydrogen) atoms. The van der Waals surface area contributed by atoms with E-state index in [-0.39, 0.29) is 18.0 Å². The van der Waals surface area contributed by atoms with Gasteiger partial charge in [-0.1, -0.05) is 0 Å². The van der Waals surface area contributed by atoms with Crippen LogP contribution in [0.5, 0.6) is 0 Å². The van der Waals surface area contributed by atoms with E-state index in [1.807, 2.05) is 6.07 Å². The van der Waals surface area contributed by atoms with Crippen molar-refractivity contribution in [2.75, 3.05) is 0 Å². The summed E-state index contributed by atoms with van der Waals surface area (Å²) in [6.45, 7) is 8.09. The molecule has 2 heterocycles. The van der Waals surface area contributed by atoms with Gasteiger partial charge in [-0.3, -0.25) is 9.59 Å². The highest BCUT2D eigenvalue weighted by Crippen LogP contribution is 2.23. The lowest BCUT2D eigenvalue weighted by Crippen LogP contribution is -2.29. The number of carbonyl (C=O) groups excluding carboxylic acids is 3. The van der Waals surface area contributed by atoms with Crippen LogP contribution in [0.1, 0.15) is 40.3 Å². The summed E-state index contributed by atoms with van der Waals surface area (Å²) in [5.74, 6) is -1.23. The third-order valence-corrected chi connectivity index (χ3v) is 3.61. The molecule has 0 atom stereocenters. The van der Waals surface area contributed by atoms with Gasteiger partial charge in [-0.25, -0.2) is 14.3 Å². The molecule has 2 rings (SSSR count). The van der Waals surface area contributed by atoms with Crippen LogP contribution < -0.4 is 0 Å². The molecule has 0 spiro atoms. The number of ketones is 2. The molecule has 0 saturated heterocycles. The van der Waals surface area contributed by atoms with Crippen molar-refractivity contribution in [2.24, 2.45) is 5.92 Å². The molecule has 0 aromatic carbocycles. The van der Waals surface area contributed by atoms with Crippen LogP contribution in [0, 0.1) is 5.92 Å². The number of Topliss-reactive ketones (excluding diaryl/α,β-unsaturated/α-hetero) is 2. The lowest BCUT2D eigenvalue weighted by atomic mass is 9.95. The zero-order chi connectivity index (χ0) is 18.1. The minimum absolute atomic E-state index is 0.139. The number of hydrogen-bond donors (Lipinski definition) is 0. The van der Waals surface area contributed by atoms with Crippen LogP contribution in [-0.2, 0) is 20.7 Å². The Morgan fingerprint density at radius 2 is 1.83 bits per heavy atom. The summed E-state index contributed by atoms with van der Waals surface area (Å²) in [7, 11) is 0. The molecular formula is C18H22N2O4. The zero-order valence-electron chi connectivity index (χ0n) is 14.6. The maximum Gasteiger partial charge on any atom is 0.420 e. The van der Waals surface area contributed by atoms with Crippen LogP contribution in [0.25, 0.3) is 11.0 Å². The number of carbonyl (C=O) groups is 3. The molecular weight excluding hydrogens is 308 g/mol. The maximum absolute atomic E-state index is 12.6. The Labute approximate surface area is 140 Å². The van der Waals surface area contributed by atoms with Crippen molar-refractivity contribution in [3.05, 3.63) is 30.1 Å². The number of ether oxygens (including phenoxy) is 1. The Balaban J connectivity index is 2.53. The average molecular weight is 330 g/mol. The van der Waals surface area contributed by atoms with E-state index in [9.17, 15) is 14.4 Å². The van der Waals surface area contributed by atoms with Crippen LogP contribution in [0.4, 0.5) is 4.79 Å². The molecule has 6 heteroatoms. The van der Waals surface area contributed by atoms with Crippen molar-refractivity contribution in [1.82, 2.24) is 9.55 Å². The van der Waals surface area contributed by atoms with E-state index >= 15 is 0 Å². The highest BCUT2D eigenvalue weighted by atomic mass is 16.6. The average Bonchev–Trinajstić information content (AvgIpc) is 2.80. The summed E-state index contributed by atoms with van der Waals surface area (Å²) in [5, 5.41) is 0.754. The molecule has 6 nitrogen and oxygen atoms in total. The van der Waals surface area contributed by atoms with E-state index in [4.69, 9.17) is 4.74 Å². The topological polar surface area (TPSA) is 78.3 Å². The lowest BCUT2D eigenvalue weighted by molar-refractivity contribution is -0.130. The van der Waals surface area contributed by atoms with E-state index in [1.54, 1.807) is 39.1 Å². The van der Waals surface area contributed by atoms with Gasteiger partial charge in [0.25, 0.3) is 0 Å². The molecule has 0 unspecified atom stereocenters. The SMILES string of the molecule is CC(=O)C(Cc1cc2cccnc2n1C(=O)OC(C)(C)C)C(C)=O. The second-order valence-corrected chi connectivity index (χ2v) is 6.85. The third-order valence-electron chi connectivity index (χ3n) is 3.61. The van der Waals surface area contributed by atoms with E-state index in [1.165, 1.54) is 18.4 Å². The number of hydrogen-bond acceptors (Lipinski definition) is 5. The number of rotatable bonds is 4. The van der Waals surface area contributed by atoms with Crippen molar-refractivity contribution >= 4 is 28.7 Å². The van der Waals surface area contributed by atoms with Crippen LogP contribution in [-0.4, -0.2) is 32.8 Å².